The first kappa shape index (κ1) is 12.0. The predicted octanol–water partition coefficient (Wildman–Crippen LogP) is 3.13. The van der Waals surface area contributed by atoms with Crippen molar-refractivity contribution in [3.05, 3.63) is 0 Å². The second kappa shape index (κ2) is 5.63. The predicted molar refractivity (Wildman–Crippen MR) is 56.7 cm³/mol. The zero-order chi connectivity index (χ0) is 9.61. The average Bonchev–Trinajstić information content (AvgIpc) is 1.96. The van der Waals surface area contributed by atoms with Gasteiger partial charge in [-0.3, -0.25) is 4.79 Å². The smallest absolute Gasteiger partial charge is 0.148 e. The fraction of sp³-hybridized carbons (Fsp3) is 0.900. The summed E-state index contributed by atoms with van der Waals surface area (Å²) in [5.41, 5.74) is -0.154. The largest absolute Gasteiger partial charge is 0.298 e. The summed E-state index contributed by atoms with van der Waals surface area (Å²) in [7, 11) is 0. The summed E-state index contributed by atoms with van der Waals surface area (Å²) in [6.07, 6.45) is 2.44. The molecule has 0 rings (SSSR count). The third kappa shape index (κ3) is 5.64. The minimum atomic E-state index is -0.154. The number of thioether (sulfide) groups is 1. The van der Waals surface area contributed by atoms with Crippen molar-refractivity contribution in [2.24, 2.45) is 5.41 Å². The second-order valence-corrected chi connectivity index (χ2v) is 5.18. The molecule has 0 N–H and O–H groups in total. The second-order valence-electron chi connectivity index (χ2n) is 4.08. The molecule has 12 heavy (non-hydrogen) atoms. The molecule has 0 saturated heterocycles. The van der Waals surface area contributed by atoms with E-state index in [2.05, 4.69) is 6.92 Å². The van der Waals surface area contributed by atoms with Crippen molar-refractivity contribution >= 4 is 17.5 Å². The Labute approximate surface area is 80.3 Å². The molecule has 0 aromatic rings. The maximum absolute atomic E-state index is 11.4. The Bertz CT molecular complexity index is 135. The molecule has 0 aromatic heterocycles. The van der Waals surface area contributed by atoms with E-state index < -0.39 is 0 Å². The highest BCUT2D eigenvalue weighted by molar-refractivity contribution is 7.99. The average molecular weight is 188 g/mol. The van der Waals surface area contributed by atoms with Crippen molar-refractivity contribution in [2.75, 3.05) is 11.5 Å². The van der Waals surface area contributed by atoms with E-state index in [0.29, 0.717) is 11.5 Å². The summed E-state index contributed by atoms with van der Waals surface area (Å²) in [6, 6.07) is 0. The normalized spacial score (nSPS) is 11.7. The summed E-state index contributed by atoms with van der Waals surface area (Å²) >= 11 is 1.76. The van der Waals surface area contributed by atoms with Gasteiger partial charge in [-0.25, -0.2) is 0 Å². The Balaban J connectivity index is 3.45. The van der Waals surface area contributed by atoms with Gasteiger partial charge in [-0.05, 0) is 12.2 Å². The first-order valence-electron chi connectivity index (χ1n) is 4.59. The minimum Gasteiger partial charge on any atom is -0.298 e. The molecule has 0 atom stereocenters. The van der Waals surface area contributed by atoms with Crippen LogP contribution in [-0.2, 0) is 4.79 Å². The van der Waals surface area contributed by atoms with Crippen LogP contribution in [0.3, 0.4) is 0 Å². The standard InChI is InChI=1S/C10H20OS/c1-5-6-7-12-8-9(11)10(2,3)4/h5-8H2,1-4H3. The molecule has 0 fully saturated rings. The van der Waals surface area contributed by atoms with E-state index in [1.54, 1.807) is 11.8 Å². The van der Waals surface area contributed by atoms with Crippen LogP contribution < -0.4 is 0 Å². The van der Waals surface area contributed by atoms with Crippen LogP contribution in [0.15, 0.2) is 0 Å². The Morgan fingerprint density at radius 2 is 1.92 bits per heavy atom. The zero-order valence-electron chi connectivity index (χ0n) is 8.64. The van der Waals surface area contributed by atoms with Crippen molar-refractivity contribution in [1.29, 1.82) is 0 Å². The van der Waals surface area contributed by atoms with Crippen molar-refractivity contribution < 1.29 is 4.79 Å². The maximum atomic E-state index is 11.4. The Hall–Kier alpha value is 0.0200. The van der Waals surface area contributed by atoms with E-state index >= 15 is 0 Å². The van der Waals surface area contributed by atoms with Crippen LogP contribution in [0.4, 0.5) is 0 Å². The molecule has 0 aliphatic carbocycles. The van der Waals surface area contributed by atoms with E-state index in [1.165, 1.54) is 12.8 Å². The van der Waals surface area contributed by atoms with Gasteiger partial charge in [0.15, 0.2) is 0 Å². The van der Waals surface area contributed by atoms with Crippen molar-refractivity contribution in [1.82, 2.24) is 0 Å². The molecule has 0 spiro atoms. The number of ketones is 1. The molecular weight excluding hydrogens is 168 g/mol. The topological polar surface area (TPSA) is 17.1 Å². The number of unbranched alkanes of at least 4 members (excludes halogenated alkanes) is 1. The molecule has 0 amide bonds. The van der Waals surface area contributed by atoms with Crippen molar-refractivity contribution in [2.45, 2.75) is 40.5 Å². The van der Waals surface area contributed by atoms with Gasteiger partial charge in [0, 0.05) is 5.41 Å². The maximum Gasteiger partial charge on any atom is 0.148 e. The van der Waals surface area contributed by atoms with Gasteiger partial charge in [0.1, 0.15) is 5.78 Å². The van der Waals surface area contributed by atoms with Gasteiger partial charge < -0.3 is 0 Å². The van der Waals surface area contributed by atoms with Gasteiger partial charge in [-0.2, -0.15) is 11.8 Å². The number of carbonyl (C=O) groups is 1. The molecule has 0 aliphatic rings. The highest BCUT2D eigenvalue weighted by Gasteiger charge is 2.20. The van der Waals surface area contributed by atoms with Crippen LogP contribution in [0.25, 0.3) is 0 Å². The summed E-state index contributed by atoms with van der Waals surface area (Å²) < 4.78 is 0. The Kier molecular flexibility index (Phi) is 5.64. The quantitative estimate of drug-likeness (QED) is 0.617. The third-order valence-electron chi connectivity index (χ3n) is 1.71. The van der Waals surface area contributed by atoms with Gasteiger partial charge in [-0.15, -0.1) is 0 Å². The van der Waals surface area contributed by atoms with Crippen molar-refractivity contribution in [3.8, 4) is 0 Å². The molecule has 0 heterocycles. The molecule has 1 nitrogen and oxygen atoms in total. The SMILES string of the molecule is CCCCSCC(=O)C(C)(C)C. The summed E-state index contributed by atoms with van der Waals surface area (Å²) in [5.74, 6) is 2.17. The molecule has 0 radical (unpaired) electrons. The minimum absolute atomic E-state index is 0.154. The van der Waals surface area contributed by atoms with Gasteiger partial charge in [0.2, 0.25) is 0 Å². The fourth-order valence-corrected chi connectivity index (χ4v) is 1.88. The molecule has 0 bridgehead atoms. The molecule has 0 unspecified atom stereocenters. The van der Waals surface area contributed by atoms with Crippen LogP contribution in [0, 0.1) is 5.41 Å². The number of hydrogen-bond acceptors (Lipinski definition) is 2. The van der Waals surface area contributed by atoms with Crippen LogP contribution in [0.1, 0.15) is 40.5 Å². The first-order valence-corrected chi connectivity index (χ1v) is 5.75. The van der Waals surface area contributed by atoms with Crippen LogP contribution >= 0.6 is 11.8 Å². The van der Waals surface area contributed by atoms with Gasteiger partial charge >= 0.3 is 0 Å². The highest BCUT2D eigenvalue weighted by Crippen LogP contribution is 2.18. The lowest BCUT2D eigenvalue weighted by molar-refractivity contribution is -0.123. The number of Topliss-reactive ketones (excluding diaryl/α,β-unsaturated/α-hetero) is 1. The summed E-state index contributed by atoms with van der Waals surface area (Å²) in [4.78, 5) is 11.4. The lowest BCUT2D eigenvalue weighted by Gasteiger charge is -2.15. The van der Waals surface area contributed by atoms with Crippen LogP contribution in [-0.4, -0.2) is 17.3 Å². The van der Waals surface area contributed by atoms with Gasteiger partial charge in [0.05, 0.1) is 5.75 Å². The Morgan fingerprint density at radius 1 is 1.33 bits per heavy atom. The zero-order valence-corrected chi connectivity index (χ0v) is 9.46. The molecule has 72 valence electrons. The lowest BCUT2D eigenvalue weighted by Crippen LogP contribution is -2.22. The Morgan fingerprint density at radius 3 is 2.33 bits per heavy atom. The number of carbonyl (C=O) groups excluding carboxylic acids is 1. The third-order valence-corrected chi connectivity index (χ3v) is 2.76. The van der Waals surface area contributed by atoms with Crippen molar-refractivity contribution in [3.63, 3.8) is 0 Å². The van der Waals surface area contributed by atoms with E-state index in [1.807, 2.05) is 20.8 Å². The molecule has 0 aromatic carbocycles. The molecule has 2 heteroatoms. The van der Waals surface area contributed by atoms with Crippen LogP contribution in [0.5, 0.6) is 0 Å². The monoisotopic (exact) mass is 188 g/mol. The summed E-state index contributed by atoms with van der Waals surface area (Å²) in [6.45, 7) is 8.12. The molecule has 0 aliphatic heterocycles. The van der Waals surface area contributed by atoms with E-state index in [4.69, 9.17) is 0 Å². The first-order chi connectivity index (χ1) is 5.48. The van der Waals surface area contributed by atoms with Gasteiger partial charge in [-0.1, -0.05) is 34.1 Å². The number of rotatable bonds is 5. The van der Waals surface area contributed by atoms with E-state index in [9.17, 15) is 4.79 Å². The number of hydrogen-bond donors (Lipinski definition) is 0. The molecule has 0 saturated carbocycles. The molecular formula is C10H20OS. The van der Waals surface area contributed by atoms with Gasteiger partial charge in [0.25, 0.3) is 0 Å². The lowest BCUT2D eigenvalue weighted by atomic mass is 9.92. The fourth-order valence-electron chi connectivity index (χ4n) is 0.628. The van der Waals surface area contributed by atoms with E-state index in [0.717, 1.165) is 5.75 Å². The highest BCUT2D eigenvalue weighted by atomic mass is 32.2. The van der Waals surface area contributed by atoms with Crippen LogP contribution in [0.2, 0.25) is 0 Å². The van der Waals surface area contributed by atoms with E-state index in [-0.39, 0.29) is 5.41 Å². The summed E-state index contributed by atoms with van der Waals surface area (Å²) in [5, 5.41) is 0.